The maximum Gasteiger partial charge on any atom is 0.264 e. The van der Waals surface area contributed by atoms with Crippen LogP contribution in [0.2, 0.25) is 5.02 Å². The molecule has 0 radical (unpaired) electrons. The number of nitrogens with one attached hydrogen (secondary N) is 1. The van der Waals surface area contributed by atoms with Gasteiger partial charge in [0, 0.05) is 18.6 Å². The molecule has 9 heteroatoms. The molecule has 0 spiro atoms. The fourth-order valence-electron chi connectivity index (χ4n) is 3.77. The minimum absolute atomic E-state index is 0.0432. The van der Waals surface area contributed by atoms with E-state index in [1.54, 1.807) is 44.2 Å². The highest BCUT2D eigenvalue weighted by Crippen LogP contribution is 2.30. The lowest BCUT2D eigenvalue weighted by atomic mass is 10.1. The van der Waals surface area contributed by atoms with E-state index in [2.05, 4.69) is 5.32 Å². The number of carbonyl (C=O) groups excluding carboxylic acids is 2. The smallest absolute Gasteiger partial charge is 0.264 e. The van der Waals surface area contributed by atoms with Crippen molar-refractivity contribution in [3.63, 3.8) is 0 Å². The summed E-state index contributed by atoms with van der Waals surface area (Å²) in [7, 11) is -2.63. The van der Waals surface area contributed by atoms with E-state index < -0.39 is 28.5 Å². The normalized spacial score (nSPS) is 12.0. The monoisotopic (exact) mass is 527 g/mol. The van der Waals surface area contributed by atoms with E-state index in [1.807, 2.05) is 31.2 Å². The Morgan fingerprint density at radius 1 is 0.972 bits per heavy atom. The van der Waals surface area contributed by atoms with Gasteiger partial charge < -0.3 is 10.2 Å². The number of nitrogens with zero attached hydrogens (tertiary/aromatic N) is 2. The van der Waals surface area contributed by atoms with Crippen molar-refractivity contribution < 1.29 is 18.0 Å². The van der Waals surface area contributed by atoms with Gasteiger partial charge in [0.15, 0.2) is 0 Å². The highest BCUT2D eigenvalue weighted by atomic mass is 35.5. The summed E-state index contributed by atoms with van der Waals surface area (Å²) in [5.74, 6) is -0.877. The molecule has 0 aliphatic carbocycles. The zero-order chi connectivity index (χ0) is 26.5. The number of sulfonamides is 1. The first-order valence-electron chi connectivity index (χ1n) is 11.4. The predicted molar refractivity (Wildman–Crippen MR) is 142 cm³/mol. The molecular weight excluding hydrogens is 498 g/mol. The van der Waals surface area contributed by atoms with Crippen LogP contribution < -0.4 is 9.62 Å². The van der Waals surface area contributed by atoms with Crippen LogP contribution in [-0.2, 0) is 26.2 Å². The van der Waals surface area contributed by atoms with Gasteiger partial charge in [-0.15, -0.1) is 0 Å². The van der Waals surface area contributed by atoms with Crippen molar-refractivity contribution in [1.29, 1.82) is 0 Å². The van der Waals surface area contributed by atoms with E-state index in [0.29, 0.717) is 16.3 Å². The number of carbonyl (C=O) groups is 2. The highest BCUT2D eigenvalue weighted by Gasteiger charge is 2.33. The lowest BCUT2D eigenvalue weighted by molar-refractivity contribution is -0.139. The third kappa shape index (κ3) is 6.25. The number of amides is 2. The van der Waals surface area contributed by atoms with Crippen LogP contribution in [-0.4, -0.2) is 44.8 Å². The van der Waals surface area contributed by atoms with Crippen molar-refractivity contribution in [2.24, 2.45) is 0 Å². The molecule has 0 saturated carbocycles. The van der Waals surface area contributed by atoms with Gasteiger partial charge in [-0.3, -0.25) is 13.9 Å². The second kappa shape index (κ2) is 11.6. The zero-order valence-corrected chi connectivity index (χ0v) is 22.3. The van der Waals surface area contributed by atoms with Gasteiger partial charge in [-0.25, -0.2) is 8.42 Å². The molecule has 0 aliphatic rings. The van der Waals surface area contributed by atoms with E-state index in [9.17, 15) is 18.0 Å². The van der Waals surface area contributed by atoms with Crippen molar-refractivity contribution >= 4 is 39.1 Å². The fraction of sp³-hybridized carbons (Fsp3) is 0.259. The molecule has 1 atom stereocenters. The molecular formula is C27H30ClN3O4S. The Balaban J connectivity index is 2.06. The molecule has 7 nitrogen and oxygen atoms in total. The molecule has 1 N–H and O–H groups in total. The number of likely N-dealkylation sites (N-methyl/N-ethyl adjacent to an activating group) is 1. The third-order valence-electron chi connectivity index (χ3n) is 5.94. The van der Waals surface area contributed by atoms with Crippen molar-refractivity contribution in [3.05, 3.63) is 94.5 Å². The number of hydrogen-bond donors (Lipinski definition) is 1. The van der Waals surface area contributed by atoms with Crippen LogP contribution in [0, 0.1) is 13.8 Å². The molecule has 2 amide bonds. The van der Waals surface area contributed by atoms with E-state index in [-0.39, 0.29) is 17.3 Å². The van der Waals surface area contributed by atoms with Crippen LogP contribution in [0.15, 0.2) is 77.7 Å². The maximum absolute atomic E-state index is 13.7. The molecule has 1 unspecified atom stereocenters. The fourth-order valence-corrected chi connectivity index (χ4v) is 5.42. The molecule has 190 valence electrons. The van der Waals surface area contributed by atoms with Gasteiger partial charge in [0.1, 0.15) is 12.6 Å². The first-order valence-corrected chi connectivity index (χ1v) is 13.3. The average molecular weight is 528 g/mol. The maximum atomic E-state index is 13.7. The summed E-state index contributed by atoms with van der Waals surface area (Å²) in [6.07, 6.45) is 0. The van der Waals surface area contributed by atoms with Gasteiger partial charge in [-0.05, 0) is 56.2 Å². The molecule has 0 bridgehead atoms. The summed E-state index contributed by atoms with van der Waals surface area (Å²) >= 11 is 6.22. The lowest BCUT2D eigenvalue weighted by Crippen LogP contribution is -2.50. The minimum Gasteiger partial charge on any atom is -0.357 e. The Hall–Kier alpha value is -3.36. The van der Waals surface area contributed by atoms with E-state index in [0.717, 1.165) is 15.4 Å². The van der Waals surface area contributed by atoms with Gasteiger partial charge in [-0.2, -0.15) is 0 Å². The van der Waals surface area contributed by atoms with Crippen LogP contribution >= 0.6 is 11.6 Å². The van der Waals surface area contributed by atoms with Crippen LogP contribution in [0.4, 0.5) is 5.69 Å². The molecule has 0 fully saturated rings. The number of hydrogen-bond acceptors (Lipinski definition) is 4. The van der Waals surface area contributed by atoms with E-state index >= 15 is 0 Å². The molecule has 0 aromatic heterocycles. The Morgan fingerprint density at radius 2 is 1.61 bits per heavy atom. The summed E-state index contributed by atoms with van der Waals surface area (Å²) in [4.78, 5) is 27.7. The number of halogens is 1. The van der Waals surface area contributed by atoms with Gasteiger partial charge in [0.25, 0.3) is 10.0 Å². The molecule has 3 rings (SSSR count). The third-order valence-corrected chi connectivity index (χ3v) is 7.95. The highest BCUT2D eigenvalue weighted by molar-refractivity contribution is 7.92. The standard InChI is InChI=1S/C27H30ClN3O4S/c1-19-10-13-22(14-11-19)17-30(21(3)27(33)29-4)26(32)18-31(25-16-23(28)15-12-20(25)2)36(34,35)24-8-6-5-7-9-24/h5-16,21H,17-18H2,1-4H3,(H,29,33). The largest absolute Gasteiger partial charge is 0.357 e. The average Bonchev–Trinajstić information content (AvgIpc) is 2.87. The molecule has 0 heterocycles. The summed E-state index contributed by atoms with van der Waals surface area (Å²) < 4.78 is 28.5. The molecule has 0 saturated heterocycles. The molecule has 36 heavy (non-hydrogen) atoms. The van der Waals surface area contributed by atoms with Crippen LogP contribution in [0.1, 0.15) is 23.6 Å². The zero-order valence-electron chi connectivity index (χ0n) is 20.7. The molecule has 0 aliphatic heterocycles. The number of anilines is 1. The summed E-state index contributed by atoms with van der Waals surface area (Å²) in [6.45, 7) is 4.96. The van der Waals surface area contributed by atoms with Crippen LogP contribution in [0.25, 0.3) is 0 Å². The minimum atomic E-state index is -4.13. The van der Waals surface area contributed by atoms with Crippen LogP contribution in [0.3, 0.4) is 0 Å². The Bertz CT molecular complexity index is 1330. The van der Waals surface area contributed by atoms with Gasteiger partial charge in [0.05, 0.1) is 10.6 Å². The quantitative estimate of drug-likeness (QED) is 0.449. The number of aryl methyl sites for hydroxylation is 2. The summed E-state index contributed by atoms with van der Waals surface area (Å²) in [5.41, 5.74) is 2.81. The first-order chi connectivity index (χ1) is 17.0. The second-order valence-corrected chi connectivity index (χ2v) is 10.9. The van der Waals surface area contributed by atoms with E-state index in [1.165, 1.54) is 30.1 Å². The summed E-state index contributed by atoms with van der Waals surface area (Å²) in [5, 5.41) is 2.91. The Labute approximate surface area is 217 Å². The van der Waals surface area contributed by atoms with Gasteiger partial charge >= 0.3 is 0 Å². The van der Waals surface area contributed by atoms with Crippen molar-refractivity contribution in [1.82, 2.24) is 10.2 Å². The van der Waals surface area contributed by atoms with E-state index in [4.69, 9.17) is 11.6 Å². The topological polar surface area (TPSA) is 86.8 Å². The van der Waals surface area contributed by atoms with Gasteiger partial charge in [-0.1, -0.05) is 65.7 Å². The molecule has 3 aromatic carbocycles. The van der Waals surface area contributed by atoms with Crippen molar-refractivity contribution in [2.45, 2.75) is 38.3 Å². The van der Waals surface area contributed by atoms with Gasteiger partial charge in [0.2, 0.25) is 11.8 Å². The van der Waals surface area contributed by atoms with Crippen molar-refractivity contribution in [3.8, 4) is 0 Å². The Morgan fingerprint density at radius 3 is 2.22 bits per heavy atom. The first kappa shape index (κ1) is 27.2. The van der Waals surface area contributed by atoms with Crippen LogP contribution in [0.5, 0.6) is 0 Å². The number of rotatable bonds is 9. The SMILES string of the molecule is CNC(=O)C(C)N(Cc1ccc(C)cc1)C(=O)CN(c1cc(Cl)ccc1C)S(=O)(=O)c1ccccc1. The number of benzene rings is 3. The summed E-state index contributed by atoms with van der Waals surface area (Å²) in [6, 6.07) is 19.6. The predicted octanol–water partition coefficient (Wildman–Crippen LogP) is 4.32. The lowest BCUT2D eigenvalue weighted by Gasteiger charge is -2.32. The second-order valence-electron chi connectivity index (χ2n) is 8.55. The van der Waals surface area contributed by atoms with Crippen molar-refractivity contribution in [2.75, 3.05) is 17.9 Å². The molecule has 3 aromatic rings. The Kier molecular flexibility index (Phi) is 8.76.